The highest BCUT2D eigenvalue weighted by Crippen LogP contribution is 2.37. The maximum absolute atomic E-state index is 6.03. The van der Waals surface area contributed by atoms with E-state index in [9.17, 15) is 0 Å². The zero-order chi connectivity index (χ0) is 13.9. The maximum Gasteiger partial charge on any atom is 0.142 e. The Morgan fingerprint density at radius 3 is 2.45 bits per heavy atom. The minimum Gasteiger partial charge on any atom is -0.497 e. The maximum atomic E-state index is 6.03. The molecule has 1 heterocycles. The second-order valence-corrected chi connectivity index (χ2v) is 4.54. The molecule has 3 heteroatoms. The van der Waals surface area contributed by atoms with Crippen LogP contribution in [0.15, 0.2) is 48.5 Å². The predicted molar refractivity (Wildman–Crippen MR) is 78.4 cm³/mol. The third kappa shape index (κ3) is 2.23. The van der Waals surface area contributed by atoms with Crippen LogP contribution in [-0.2, 0) is 0 Å². The van der Waals surface area contributed by atoms with E-state index in [1.54, 1.807) is 14.2 Å². The largest absolute Gasteiger partial charge is 0.497 e. The van der Waals surface area contributed by atoms with E-state index < -0.39 is 0 Å². The van der Waals surface area contributed by atoms with Gasteiger partial charge in [0, 0.05) is 0 Å². The van der Waals surface area contributed by atoms with Crippen molar-refractivity contribution in [3.63, 3.8) is 0 Å². The lowest BCUT2D eigenvalue weighted by Crippen LogP contribution is -2.09. The quantitative estimate of drug-likeness (QED) is 0.846. The summed E-state index contributed by atoms with van der Waals surface area (Å²) in [5.74, 6) is 2.51. The molecule has 1 aliphatic rings. The lowest BCUT2D eigenvalue weighted by atomic mass is 10.0. The average Bonchev–Trinajstić information content (AvgIpc) is 2.53. The van der Waals surface area contributed by atoms with Crippen molar-refractivity contribution in [3.05, 3.63) is 59.7 Å². The molecule has 0 fully saturated rings. The molecule has 2 aromatic rings. The molecule has 0 N–H and O–H groups in total. The van der Waals surface area contributed by atoms with Crippen LogP contribution in [0, 0.1) is 0 Å². The summed E-state index contributed by atoms with van der Waals surface area (Å²) in [5.41, 5.74) is 2.08. The summed E-state index contributed by atoms with van der Waals surface area (Å²) in [4.78, 5) is 0. The van der Waals surface area contributed by atoms with Gasteiger partial charge in [0.15, 0.2) is 0 Å². The van der Waals surface area contributed by atoms with Crippen molar-refractivity contribution in [1.82, 2.24) is 0 Å². The normalized spacial score (nSPS) is 16.2. The van der Waals surface area contributed by atoms with Crippen LogP contribution in [0.4, 0.5) is 0 Å². The van der Waals surface area contributed by atoms with E-state index in [-0.39, 0.29) is 6.10 Å². The summed E-state index contributed by atoms with van der Waals surface area (Å²) in [6.07, 6.45) is 4.00. The lowest BCUT2D eigenvalue weighted by Gasteiger charge is -2.23. The number of rotatable bonds is 3. The second-order valence-electron chi connectivity index (χ2n) is 4.54. The standard InChI is InChI=1S/C17H16O3/c1-18-13-8-6-12(7-9-13)15-11-10-14-16(19-2)4-3-5-17(14)20-15/h3-11,15H,1-2H3. The fourth-order valence-corrected chi connectivity index (χ4v) is 2.30. The Bertz CT molecular complexity index is 629. The second kappa shape index (κ2) is 5.29. The molecule has 0 amide bonds. The van der Waals surface area contributed by atoms with Crippen molar-refractivity contribution in [3.8, 4) is 17.2 Å². The Morgan fingerprint density at radius 1 is 0.950 bits per heavy atom. The van der Waals surface area contributed by atoms with E-state index in [4.69, 9.17) is 14.2 Å². The van der Waals surface area contributed by atoms with E-state index >= 15 is 0 Å². The number of methoxy groups -OCH3 is 2. The van der Waals surface area contributed by atoms with Gasteiger partial charge in [-0.15, -0.1) is 0 Å². The first-order chi connectivity index (χ1) is 9.81. The molecule has 20 heavy (non-hydrogen) atoms. The van der Waals surface area contributed by atoms with Gasteiger partial charge in [-0.2, -0.15) is 0 Å². The van der Waals surface area contributed by atoms with Crippen molar-refractivity contribution >= 4 is 6.08 Å². The van der Waals surface area contributed by atoms with E-state index in [0.717, 1.165) is 28.4 Å². The summed E-state index contributed by atoms with van der Waals surface area (Å²) in [7, 11) is 3.33. The van der Waals surface area contributed by atoms with Gasteiger partial charge in [-0.1, -0.05) is 18.2 Å². The zero-order valence-corrected chi connectivity index (χ0v) is 11.5. The third-order valence-corrected chi connectivity index (χ3v) is 3.38. The van der Waals surface area contributed by atoms with Gasteiger partial charge in [0.25, 0.3) is 0 Å². The minimum absolute atomic E-state index is 0.0829. The van der Waals surface area contributed by atoms with Crippen molar-refractivity contribution in [2.45, 2.75) is 6.10 Å². The smallest absolute Gasteiger partial charge is 0.142 e. The number of ether oxygens (including phenoxy) is 3. The first-order valence-electron chi connectivity index (χ1n) is 6.47. The molecule has 0 radical (unpaired) electrons. The van der Waals surface area contributed by atoms with E-state index in [1.165, 1.54) is 0 Å². The number of fused-ring (bicyclic) bond motifs is 1. The minimum atomic E-state index is -0.0829. The van der Waals surface area contributed by atoms with Gasteiger partial charge in [0.1, 0.15) is 23.4 Å². The highest BCUT2D eigenvalue weighted by Gasteiger charge is 2.18. The third-order valence-electron chi connectivity index (χ3n) is 3.38. The summed E-state index contributed by atoms with van der Waals surface area (Å²) in [6, 6.07) is 13.7. The molecule has 3 rings (SSSR count). The molecule has 0 saturated heterocycles. The molecule has 1 unspecified atom stereocenters. The highest BCUT2D eigenvalue weighted by atomic mass is 16.5. The molecule has 1 aliphatic heterocycles. The lowest BCUT2D eigenvalue weighted by molar-refractivity contribution is 0.250. The first-order valence-corrected chi connectivity index (χ1v) is 6.47. The molecule has 2 aromatic carbocycles. The number of benzene rings is 2. The summed E-state index contributed by atoms with van der Waals surface area (Å²) >= 11 is 0. The van der Waals surface area contributed by atoms with Crippen molar-refractivity contribution in [1.29, 1.82) is 0 Å². The van der Waals surface area contributed by atoms with Crippen LogP contribution in [-0.4, -0.2) is 14.2 Å². The van der Waals surface area contributed by atoms with Gasteiger partial charge in [0.05, 0.1) is 19.8 Å². The van der Waals surface area contributed by atoms with Crippen LogP contribution >= 0.6 is 0 Å². The Kier molecular flexibility index (Phi) is 3.33. The Balaban J connectivity index is 1.89. The van der Waals surface area contributed by atoms with Crippen molar-refractivity contribution in [2.75, 3.05) is 14.2 Å². The summed E-state index contributed by atoms with van der Waals surface area (Å²) < 4.78 is 16.5. The first kappa shape index (κ1) is 12.6. The molecule has 102 valence electrons. The Morgan fingerprint density at radius 2 is 1.75 bits per heavy atom. The molecular weight excluding hydrogens is 252 g/mol. The van der Waals surface area contributed by atoms with Crippen LogP contribution in [0.25, 0.3) is 6.08 Å². The van der Waals surface area contributed by atoms with Gasteiger partial charge < -0.3 is 14.2 Å². The molecule has 0 aliphatic carbocycles. The summed E-state index contributed by atoms with van der Waals surface area (Å²) in [5, 5.41) is 0. The molecule has 0 bridgehead atoms. The van der Waals surface area contributed by atoms with Gasteiger partial charge in [0.2, 0.25) is 0 Å². The fraction of sp³-hybridized carbons (Fsp3) is 0.176. The molecule has 3 nitrogen and oxygen atoms in total. The van der Waals surface area contributed by atoms with Gasteiger partial charge >= 0.3 is 0 Å². The SMILES string of the molecule is COc1ccc(C2C=Cc3c(OC)cccc3O2)cc1. The zero-order valence-electron chi connectivity index (χ0n) is 11.5. The van der Waals surface area contributed by atoms with Crippen LogP contribution in [0.2, 0.25) is 0 Å². The van der Waals surface area contributed by atoms with Crippen LogP contribution in [0.3, 0.4) is 0 Å². The van der Waals surface area contributed by atoms with Crippen LogP contribution in [0.5, 0.6) is 17.2 Å². The Labute approximate surface area is 118 Å². The van der Waals surface area contributed by atoms with E-state index in [2.05, 4.69) is 0 Å². The van der Waals surface area contributed by atoms with Crippen molar-refractivity contribution in [2.24, 2.45) is 0 Å². The Hall–Kier alpha value is -2.42. The summed E-state index contributed by atoms with van der Waals surface area (Å²) in [6.45, 7) is 0. The number of hydrogen-bond donors (Lipinski definition) is 0. The average molecular weight is 268 g/mol. The molecule has 0 aromatic heterocycles. The molecular formula is C17H16O3. The predicted octanol–water partition coefficient (Wildman–Crippen LogP) is 3.85. The van der Waals surface area contributed by atoms with Crippen molar-refractivity contribution < 1.29 is 14.2 Å². The highest BCUT2D eigenvalue weighted by molar-refractivity contribution is 5.66. The molecule has 0 spiro atoms. The van der Waals surface area contributed by atoms with Gasteiger partial charge in [-0.05, 0) is 42.0 Å². The van der Waals surface area contributed by atoms with Crippen LogP contribution in [0.1, 0.15) is 17.2 Å². The van der Waals surface area contributed by atoms with Gasteiger partial charge in [-0.25, -0.2) is 0 Å². The number of hydrogen-bond acceptors (Lipinski definition) is 3. The fourth-order valence-electron chi connectivity index (χ4n) is 2.30. The molecule has 1 atom stereocenters. The topological polar surface area (TPSA) is 27.7 Å². The monoisotopic (exact) mass is 268 g/mol. The van der Waals surface area contributed by atoms with E-state index in [1.807, 2.05) is 54.6 Å². The van der Waals surface area contributed by atoms with Gasteiger partial charge in [-0.3, -0.25) is 0 Å². The molecule has 0 saturated carbocycles. The van der Waals surface area contributed by atoms with Crippen LogP contribution < -0.4 is 14.2 Å². The van der Waals surface area contributed by atoms with E-state index in [0.29, 0.717) is 0 Å².